The normalized spacial score (nSPS) is 12.0. The fraction of sp³-hybridized carbons (Fsp3) is 0.381. The van der Waals surface area contributed by atoms with Crippen molar-refractivity contribution in [1.29, 1.82) is 0 Å². The summed E-state index contributed by atoms with van der Waals surface area (Å²) in [4.78, 5) is 4.59. The number of nitrogens with zero attached hydrogens (tertiary/aromatic N) is 1. The van der Waals surface area contributed by atoms with Crippen molar-refractivity contribution in [3.63, 3.8) is 0 Å². The number of phenolic OH excluding ortho intramolecular Hbond substituents is 1. The van der Waals surface area contributed by atoms with Gasteiger partial charge in [0.15, 0.2) is 5.96 Å². The summed E-state index contributed by atoms with van der Waals surface area (Å²) in [7, 11) is 1.61. The minimum absolute atomic E-state index is 0. The molecule has 0 aliphatic carbocycles. The van der Waals surface area contributed by atoms with E-state index in [-0.39, 0.29) is 35.8 Å². The van der Waals surface area contributed by atoms with Gasteiger partial charge in [0.1, 0.15) is 11.5 Å². The van der Waals surface area contributed by atoms with Crippen LogP contribution in [0.4, 0.5) is 0 Å². The van der Waals surface area contributed by atoms with E-state index in [1.54, 1.807) is 25.3 Å². The molecule has 0 fully saturated rings. The van der Waals surface area contributed by atoms with Gasteiger partial charge >= 0.3 is 0 Å². The van der Waals surface area contributed by atoms with Crippen molar-refractivity contribution in [1.82, 2.24) is 10.6 Å². The van der Waals surface area contributed by atoms with E-state index in [0.717, 1.165) is 30.9 Å². The fourth-order valence-electron chi connectivity index (χ4n) is 2.63. The lowest BCUT2D eigenvalue weighted by Gasteiger charge is -2.18. The SMILES string of the molecule is CCNC(=NCc1cc(OC)ccc1O)NC(C)CCc1ccccc1.I. The summed E-state index contributed by atoms with van der Waals surface area (Å²) >= 11 is 0. The van der Waals surface area contributed by atoms with Crippen LogP contribution < -0.4 is 15.4 Å². The Kier molecular flexibility index (Phi) is 10.6. The van der Waals surface area contributed by atoms with Gasteiger partial charge < -0.3 is 20.5 Å². The van der Waals surface area contributed by atoms with E-state index in [9.17, 15) is 5.11 Å². The van der Waals surface area contributed by atoms with E-state index in [0.29, 0.717) is 12.3 Å². The van der Waals surface area contributed by atoms with Crippen molar-refractivity contribution in [3.8, 4) is 11.5 Å². The van der Waals surface area contributed by atoms with Crippen molar-refractivity contribution in [3.05, 3.63) is 59.7 Å². The molecule has 0 saturated carbocycles. The number of rotatable bonds is 8. The highest BCUT2D eigenvalue weighted by Gasteiger charge is 2.07. The zero-order valence-electron chi connectivity index (χ0n) is 16.2. The average molecular weight is 483 g/mol. The molecule has 2 aromatic carbocycles. The molecular formula is C21H30IN3O2. The van der Waals surface area contributed by atoms with Crippen LogP contribution in [0.2, 0.25) is 0 Å². The zero-order chi connectivity index (χ0) is 18.8. The lowest BCUT2D eigenvalue weighted by atomic mass is 10.1. The Bertz CT molecular complexity index is 708. The summed E-state index contributed by atoms with van der Waals surface area (Å²) in [6, 6.07) is 15.9. The first-order valence-electron chi connectivity index (χ1n) is 9.07. The van der Waals surface area contributed by atoms with Gasteiger partial charge in [0.25, 0.3) is 0 Å². The van der Waals surface area contributed by atoms with Gasteiger partial charge in [-0.3, -0.25) is 0 Å². The largest absolute Gasteiger partial charge is 0.508 e. The maximum atomic E-state index is 10.00. The molecule has 0 bridgehead atoms. The molecule has 0 saturated heterocycles. The quantitative estimate of drug-likeness (QED) is 0.301. The van der Waals surface area contributed by atoms with Crippen LogP contribution in [-0.4, -0.2) is 30.8 Å². The Morgan fingerprint density at radius 1 is 1.19 bits per heavy atom. The number of guanidine groups is 1. The summed E-state index contributed by atoms with van der Waals surface area (Å²) in [5.74, 6) is 1.68. The smallest absolute Gasteiger partial charge is 0.191 e. The van der Waals surface area contributed by atoms with Gasteiger partial charge in [-0.1, -0.05) is 30.3 Å². The van der Waals surface area contributed by atoms with Crippen molar-refractivity contribution in [2.24, 2.45) is 4.99 Å². The molecule has 2 aromatic rings. The maximum absolute atomic E-state index is 10.00. The molecule has 3 N–H and O–H groups in total. The summed E-state index contributed by atoms with van der Waals surface area (Å²) in [6.07, 6.45) is 2.03. The number of aryl methyl sites for hydroxylation is 1. The molecule has 0 radical (unpaired) electrons. The van der Waals surface area contributed by atoms with E-state index in [4.69, 9.17) is 4.74 Å². The van der Waals surface area contributed by atoms with E-state index < -0.39 is 0 Å². The number of ether oxygens (including phenoxy) is 1. The van der Waals surface area contributed by atoms with Gasteiger partial charge in [-0.2, -0.15) is 0 Å². The predicted octanol–water partition coefficient (Wildman–Crippen LogP) is 4.10. The number of aromatic hydroxyl groups is 1. The molecule has 1 atom stereocenters. The molecular weight excluding hydrogens is 453 g/mol. The van der Waals surface area contributed by atoms with E-state index in [1.807, 2.05) is 13.0 Å². The topological polar surface area (TPSA) is 65.9 Å². The zero-order valence-corrected chi connectivity index (χ0v) is 18.6. The first-order valence-corrected chi connectivity index (χ1v) is 9.07. The van der Waals surface area contributed by atoms with E-state index in [1.165, 1.54) is 5.56 Å². The molecule has 6 heteroatoms. The van der Waals surface area contributed by atoms with Gasteiger partial charge in [-0.05, 0) is 50.5 Å². The molecule has 0 heterocycles. The number of hydrogen-bond acceptors (Lipinski definition) is 3. The highest BCUT2D eigenvalue weighted by atomic mass is 127. The second-order valence-electron chi connectivity index (χ2n) is 6.26. The van der Waals surface area contributed by atoms with E-state index in [2.05, 4.69) is 46.8 Å². The Balaban J connectivity index is 0.00000364. The van der Waals surface area contributed by atoms with Crippen molar-refractivity contribution < 1.29 is 9.84 Å². The van der Waals surface area contributed by atoms with Crippen LogP contribution in [0.15, 0.2) is 53.5 Å². The monoisotopic (exact) mass is 483 g/mol. The van der Waals surface area contributed by atoms with Crippen molar-refractivity contribution in [2.75, 3.05) is 13.7 Å². The lowest BCUT2D eigenvalue weighted by molar-refractivity contribution is 0.411. The Morgan fingerprint density at radius 2 is 1.93 bits per heavy atom. The van der Waals surface area contributed by atoms with Crippen LogP contribution in [0.3, 0.4) is 0 Å². The molecule has 0 amide bonds. The first-order chi connectivity index (χ1) is 12.6. The Morgan fingerprint density at radius 3 is 2.59 bits per heavy atom. The maximum Gasteiger partial charge on any atom is 0.191 e. The summed E-state index contributed by atoms with van der Waals surface area (Å²) in [5, 5.41) is 16.7. The minimum atomic E-state index is 0. The molecule has 0 aliphatic rings. The number of nitrogens with one attached hydrogen (secondary N) is 2. The van der Waals surface area contributed by atoms with Crippen LogP contribution in [0.25, 0.3) is 0 Å². The number of aliphatic imine (C=N–C) groups is 1. The number of phenols is 1. The third kappa shape index (κ3) is 8.07. The third-order valence-electron chi connectivity index (χ3n) is 4.13. The van der Waals surface area contributed by atoms with Crippen LogP contribution >= 0.6 is 24.0 Å². The Labute approximate surface area is 179 Å². The van der Waals surface area contributed by atoms with Gasteiger partial charge in [0.2, 0.25) is 0 Å². The van der Waals surface area contributed by atoms with Crippen molar-refractivity contribution in [2.45, 2.75) is 39.3 Å². The van der Waals surface area contributed by atoms with Gasteiger partial charge in [-0.25, -0.2) is 4.99 Å². The molecule has 27 heavy (non-hydrogen) atoms. The highest BCUT2D eigenvalue weighted by molar-refractivity contribution is 14.0. The van der Waals surface area contributed by atoms with Crippen LogP contribution in [-0.2, 0) is 13.0 Å². The highest BCUT2D eigenvalue weighted by Crippen LogP contribution is 2.23. The van der Waals surface area contributed by atoms with Crippen molar-refractivity contribution >= 4 is 29.9 Å². The summed E-state index contributed by atoms with van der Waals surface area (Å²) < 4.78 is 5.21. The number of methoxy groups -OCH3 is 1. The average Bonchev–Trinajstić information content (AvgIpc) is 2.66. The molecule has 5 nitrogen and oxygen atoms in total. The lowest BCUT2D eigenvalue weighted by Crippen LogP contribution is -2.42. The molecule has 0 spiro atoms. The number of halogens is 1. The van der Waals surface area contributed by atoms with Crippen LogP contribution in [0.5, 0.6) is 11.5 Å². The predicted molar refractivity (Wildman–Crippen MR) is 122 cm³/mol. The second kappa shape index (κ2) is 12.4. The van der Waals surface area contributed by atoms with Gasteiger partial charge in [0, 0.05) is 18.2 Å². The third-order valence-corrected chi connectivity index (χ3v) is 4.13. The van der Waals surface area contributed by atoms with Crippen LogP contribution in [0.1, 0.15) is 31.4 Å². The molecule has 148 valence electrons. The van der Waals surface area contributed by atoms with E-state index >= 15 is 0 Å². The fourth-order valence-corrected chi connectivity index (χ4v) is 2.63. The van der Waals surface area contributed by atoms with Gasteiger partial charge in [0.05, 0.1) is 13.7 Å². The summed E-state index contributed by atoms with van der Waals surface area (Å²) in [5.41, 5.74) is 2.07. The first kappa shape index (κ1) is 23.1. The molecule has 0 aliphatic heterocycles. The number of benzene rings is 2. The molecule has 1 unspecified atom stereocenters. The number of hydrogen-bond donors (Lipinski definition) is 3. The second-order valence-corrected chi connectivity index (χ2v) is 6.26. The summed E-state index contributed by atoms with van der Waals surface area (Å²) in [6.45, 7) is 5.35. The molecule has 2 rings (SSSR count). The minimum Gasteiger partial charge on any atom is -0.508 e. The Hall–Kier alpha value is -1.96. The van der Waals surface area contributed by atoms with Crippen LogP contribution in [0, 0.1) is 0 Å². The molecule has 0 aromatic heterocycles. The standard InChI is InChI=1S/C21H29N3O2.HI/c1-4-22-21(23-15-18-14-19(26-3)12-13-20(18)25)24-16(2)10-11-17-8-6-5-7-9-17;/h5-9,12-14,16,25H,4,10-11,15H2,1-3H3,(H2,22,23,24);1H. The van der Waals surface area contributed by atoms with Gasteiger partial charge in [-0.15, -0.1) is 24.0 Å².